The Kier molecular flexibility index (Phi) is 7.96. The van der Waals surface area contributed by atoms with E-state index in [1.807, 2.05) is 48.7 Å². The number of amides is 2. The van der Waals surface area contributed by atoms with Crippen LogP contribution in [0.2, 0.25) is 0 Å². The van der Waals surface area contributed by atoms with Crippen molar-refractivity contribution in [2.24, 2.45) is 0 Å². The van der Waals surface area contributed by atoms with Crippen molar-refractivity contribution in [3.8, 4) is 0 Å². The van der Waals surface area contributed by atoms with Crippen LogP contribution in [0.5, 0.6) is 0 Å². The molecule has 4 rings (SSSR count). The maximum Gasteiger partial charge on any atom is 0.264 e. The van der Waals surface area contributed by atoms with Crippen molar-refractivity contribution in [2.75, 3.05) is 26.2 Å². The molecule has 6 nitrogen and oxygen atoms in total. The van der Waals surface area contributed by atoms with Gasteiger partial charge in [-0.1, -0.05) is 36.4 Å². The topological polar surface area (TPSA) is 63.0 Å². The third kappa shape index (κ3) is 6.55. The fraction of sp³-hybridized carbons (Fsp3) is 0.385. The molecule has 1 aliphatic heterocycles. The van der Waals surface area contributed by atoms with Gasteiger partial charge in [0.2, 0.25) is 5.91 Å². The van der Waals surface area contributed by atoms with Crippen LogP contribution in [0.4, 0.5) is 0 Å². The summed E-state index contributed by atoms with van der Waals surface area (Å²) < 4.78 is 11.5. The third-order valence-corrected chi connectivity index (χ3v) is 6.66. The lowest BCUT2D eigenvalue weighted by Crippen LogP contribution is -2.45. The predicted octanol–water partition coefficient (Wildman–Crippen LogP) is 4.54. The van der Waals surface area contributed by atoms with Gasteiger partial charge in [0.05, 0.1) is 17.5 Å². The van der Waals surface area contributed by atoms with Crippen molar-refractivity contribution in [3.63, 3.8) is 0 Å². The third-order valence-electron chi connectivity index (χ3n) is 5.80. The van der Waals surface area contributed by atoms with Gasteiger partial charge < -0.3 is 19.0 Å². The lowest BCUT2D eigenvalue weighted by atomic mass is 10.1. The van der Waals surface area contributed by atoms with Crippen LogP contribution in [0, 0.1) is 6.92 Å². The average Bonchev–Trinajstić information content (AvgIpc) is 3.60. The lowest BCUT2D eigenvalue weighted by molar-refractivity contribution is -0.133. The summed E-state index contributed by atoms with van der Waals surface area (Å²) in [5.74, 6) is 1.34. The van der Waals surface area contributed by atoms with Gasteiger partial charge in [-0.3, -0.25) is 9.59 Å². The number of benzene rings is 1. The van der Waals surface area contributed by atoms with E-state index < -0.39 is 0 Å². The molecule has 33 heavy (non-hydrogen) atoms. The Balaban J connectivity index is 1.49. The molecular formula is C26H30N2O4S. The maximum atomic E-state index is 13.5. The second-order valence-electron chi connectivity index (χ2n) is 8.36. The van der Waals surface area contributed by atoms with Crippen molar-refractivity contribution < 1.29 is 18.7 Å². The van der Waals surface area contributed by atoms with Crippen LogP contribution in [0.1, 0.15) is 39.6 Å². The summed E-state index contributed by atoms with van der Waals surface area (Å²) in [6.07, 6.45) is 2.61. The molecule has 2 amide bonds. The molecular weight excluding hydrogens is 436 g/mol. The Morgan fingerprint density at radius 1 is 1.06 bits per heavy atom. The summed E-state index contributed by atoms with van der Waals surface area (Å²) in [6.45, 7) is 3.97. The second-order valence-corrected chi connectivity index (χ2v) is 9.31. The number of aryl methyl sites for hydroxylation is 1. The van der Waals surface area contributed by atoms with Gasteiger partial charge in [-0.25, -0.2) is 0 Å². The number of furan rings is 1. The molecule has 2 aromatic heterocycles. The smallest absolute Gasteiger partial charge is 0.264 e. The summed E-state index contributed by atoms with van der Waals surface area (Å²) in [5.41, 5.74) is 1.16. The molecule has 3 aromatic rings. The molecule has 174 valence electrons. The molecule has 0 saturated carbocycles. The minimum absolute atomic E-state index is 0.0189. The van der Waals surface area contributed by atoms with Crippen molar-refractivity contribution >= 4 is 23.2 Å². The highest BCUT2D eigenvalue weighted by Gasteiger charge is 2.27. The lowest BCUT2D eigenvalue weighted by Gasteiger charge is -2.28. The molecule has 1 atom stereocenters. The number of hydrogen-bond acceptors (Lipinski definition) is 5. The zero-order valence-electron chi connectivity index (χ0n) is 18.9. The molecule has 0 N–H and O–H groups in total. The van der Waals surface area contributed by atoms with Crippen LogP contribution in [0.3, 0.4) is 0 Å². The number of carbonyl (C=O) groups is 2. The van der Waals surface area contributed by atoms with E-state index in [1.165, 1.54) is 11.3 Å². The van der Waals surface area contributed by atoms with Gasteiger partial charge in [0.25, 0.3) is 5.91 Å². The molecule has 0 bridgehead atoms. The van der Waals surface area contributed by atoms with Crippen LogP contribution < -0.4 is 0 Å². The fourth-order valence-corrected chi connectivity index (χ4v) is 4.72. The van der Waals surface area contributed by atoms with Crippen LogP contribution >= 0.6 is 11.3 Å². The van der Waals surface area contributed by atoms with Crippen LogP contribution in [0.25, 0.3) is 0 Å². The van der Waals surface area contributed by atoms with Crippen LogP contribution in [-0.2, 0) is 22.5 Å². The molecule has 3 heterocycles. The zero-order valence-corrected chi connectivity index (χ0v) is 19.8. The Morgan fingerprint density at radius 2 is 1.91 bits per heavy atom. The van der Waals surface area contributed by atoms with Crippen LogP contribution in [0.15, 0.2) is 64.4 Å². The highest BCUT2D eigenvalue weighted by molar-refractivity contribution is 7.12. The van der Waals surface area contributed by atoms with Crippen molar-refractivity contribution in [1.29, 1.82) is 0 Å². The number of rotatable bonds is 10. The molecule has 7 heteroatoms. The Labute approximate surface area is 198 Å². The Morgan fingerprint density at radius 3 is 2.58 bits per heavy atom. The number of carbonyl (C=O) groups excluding carboxylic acids is 2. The van der Waals surface area contributed by atoms with E-state index in [0.717, 1.165) is 36.3 Å². The zero-order chi connectivity index (χ0) is 23.0. The number of nitrogens with zero attached hydrogens (tertiary/aromatic N) is 2. The Bertz CT molecular complexity index is 1030. The van der Waals surface area contributed by atoms with Crippen molar-refractivity contribution in [3.05, 3.63) is 81.9 Å². The maximum absolute atomic E-state index is 13.5. The minimum atomic E-state index is -0.120. The van der Waals surface area contributed by atoms with Gasteiger partial charge in [-0.05, 0) is 55.3 Å². The van der Waals surface area contributed by atoms with Gasteiger partial charge in [-0.2, -0.15) is 0 Å². The van der Waals surface area contributed by atoms with E-state index in [0.29, 0.717) is 31.1 Å². The highest BCUT2D eigenvalue weighted by Crippen LogP contribution is 2.18. The van der Waals surface area contributed by atoms with E-state index in [9.17, 15) is 9.59 Å². The molecule has 1 aromatic carbocycles. The Hall–Kier alpha value is -2.90. The number of hydrogen-bond donors (Lipinski definition) is 0. The number of ether oxygens (including phenoxy) is 1. The van der Waals surface area contributed by atoms with Gasteiger partial charge >= 0.3 is 0 Å². The summed E-state index contributed by atoms with van der Waals surface area (Å²) in [5, 5.41) is 1.88. The molecule has 1 unspecified atom stereocenters. The van der Waals surface area contributed by atoms with E-state index >= 15 is 0 Å². The second kappa shape index (κ2) is 11.3. The molecule has 0 radical (unpaired) electrons. The fourth-order valence-electron chi connectivity index (χ4n) is 4.03. The first-order chi connectivity index (χ1) is 16.1. The van der Waals surface area contributed by atoms with Crippen molar-refractivity contribution in [2.45, 2.75) is 38.8 Å². The predicted molar refractivity (Wildman–Crippen MR) is 128 cm³/mol. The average molecular weight is 467 g/mol. The normalized spacial score (nSPS) is 15.5. The standard InChI is InChI=1S/C26H30N2O4S/c1-20-11-12-23(32-20)18-27(14-13-21-7-3-2-4-8-21)25(29)19-28(17-22-9-5-15-31-22)26(30)24-10-6-16-33-24/h2-4,6-8,10-12,16,22H,5,9,13-15,17-19H2,1H3. The largest absolute Gasteiger partial charge is 0.464 e. The number of thiophene rings is 1. The molecule has 0 spiro atoms. The molecule has 1 fully saturated rings. The van der Waals surface area contributed by atoms with Gasteiger partial charge in [0.1, 0.15) is 18.1 Å². The van der Waals surface area contributed by atoms with E-state index in [1.54, 1.807) is 15.9 Å². The van der Waals surface area contributed by atoms with E-state index in [2.05, 4.69) is 12.1 Å². The quantitative estimate of drug-likeness (QED) is 0.440. The summed E-state index contributed by atoms with van der Waals surface area (Å²) in [7, 11) is 0. The van der Waals surface area contributed by atoms with Gasteiger partial charge in [-0.15, -0.1) is 11.3 Å². The van der Waals surface area contributed by atoms with Gasteiger partial charge in [0, 0.05) is 19.7 Å². The monoisotopic (exact) mass is 466 g/mol. The SMILES string of the molecule is Cc1ccc(CN(CCc2ccccc2)C(=O)CN(CC2CCCO2)C(=O)c2cccs2)o1. The first-order valence-electron chi connectivity index (χ1n) is 11.4. The summed E-state index contributed by atoms with van der Waals surface area (Å²) >= 11 is 1.39. The summed E-state index contributed by atoms with van der Waals surface area (Å²) in [4.78, 5) is 30.7. The molecule has 1 aliphatic rings. The molecule has 0 aliphatic carbocycles. The van der Waals surface area contributed by atoms with E-state index in [4.69, 9.17) is 9.15 Å². The van der Waals surface area contributed by atoms with Gasteiger partial charge in [0.15, 0.2) is 0 Å². The highest BCUT2D eigenvalue weighted by atomic mass is 32.1. The first kappa shape index (κ1) is 23.3. The summed E-state index contributed by atoms with van der Waals surface area (Å²) in [6, 6.07) is 17.6. The molecule has 1 saturated heterocycles. The minimum Gasteiger partial charge on any atom is -0.464 e. The first-order valence-corrected chi connectivity index (χ1v) is 12.3. The van der Waals surface area contributed by atoms with Crippen molar-refractivity contribution in [1.82, 2.24) is 9.80 Å². The van der Waals surface area contributed by atoms with E-state index in [-0.39, 0.29) is 24.5 Å². The van der Waals surface area contributed by atoms with Crippen LogP contribution in [-0.4, -0.2) is 54.0 Å².